The van der Waals surface area contributed by atoms with E-state index in [1.165, 1.54) is 129 Å². The first-order valence-electron chi connectivity index (χ1n) is 32.3. The molecule has 0 amide bonds. The van der Waals surface area contributed by atoms with Crippen LogP contribution < -0.4 is 32.6 Å². The Bertz CT molecular complexity index is 4170. The van der Waals surface area contributed by atoms with Gasteiger partial charge in [0, 0.05) is 45.8 Å². The molecular formula is C65H78Cl6N18O3. The molecule has 9 heterocycles. The van der Waals surface area contributed by atoms with Gasteiger partial charge in [-0.05, 0) is 180 Å². The third kappa shape index (κ3) is 16.6. The zero-order chi connectivity index (χ0) is 63.7. The summed E-state index contributed by atoms with van der Waals surface area (Å²) in [7, 11) is 0. The Morgan fingerprint density at radius 2 is 0.707 bits per heavy atom. The Morgan fingerprint density at radius 3 is 1.08 bits per heavy atom. The second-order valence-corrected chi connectivity index (χ2v) is 27.6. The Hall–Kier alpha value is -6.27. The largest absolute Gasteiger partial charge is 0.352 e. The normalized spacial score (nSPS) is 19.8. The quantitative estimate of drug-likeness (QED) is 0.0442. The monoisotopic (exact) mass is 1370 g/mol. The van der Waals surface area contributed by atoms with Gasteiger partial charge >= 0.3 is 0 Å². The Balaban J connectivity index is 0.000000134. The second kappa shape index (κ2) is 30.9. The van der Waals surface area contributed by atoms with Crippen LogP contribution in [0.3, 0.4) is 0 Å². The van der Waals surface area contributed by atoms with Gasteiger partial charge in [-0.2, -0.15) is 15.0 Å². The second-order valence-electron chi connectivity index (χ2n) is 25.2. The number of nitrogens with zero attached hydrogens (tertiary/aromatic N) is 12. The molecule has 4 unspecified atom stereocenters. The summed E-state index contributed by atoms with van der Waals surface area (Å²) in [6.07, 6.45) is 23.2. The number of fused-ring (bicyclic) bond motifs is 3. The fourth-order valence-electron chi connectivity index (χ4n) is 13.6. The number of likely N-dealkylation sites (tertiary alicyclic amines) is 3. The van der Waals surface area contributed by atoms with Crippen LogP contribution in [0.5, 0.6) is 0 Å². The third-order valence-corrected chi connectivity index (χ3v) is 20.9. The molecule has 5 aliphatic rings. The van der Waals surface area contributed by atoms with Gasteiger partial charge in [-0.3, -0.25) is 34.2 Å². The maximum Gasteiger partial charge on any atom is 0.278 e. The molecule has 3 aromatic carbocycles. The van der Waals surface area contributed by atoms with Crippen LogP contribution >= 0.6 is 69.6 Å². The molecule has 3 saturated heterocycles. The Labute approximate surface area is 563 Å². The van der Waals surface area contributed by atoms with Crippen molar-refractivity contribution in [2.45, 2.75) is 129 Å². The molecule has 2 aliphatic carbocycles. The lowest BCUT2D eigenvalue weighted by Gasteiger charge is -2.41. The van der Waals surface area contributed by atoms with E-state index in [9.17, 15) is 14.4 Å². The van der Waals surface area contributed by atoms with Crippen LogP contribution in [-0.2, 0) is 39.4 Å². The van der Waals surface area contributed by atoms with Crippen molar-refractivity contribution in [1.29, 1.82) is 0 Å². The summed E-state index contributed by atoms with van der Waals surface area (Å²) in [4.78, 5) is 81.1. The van der Waals surface area contributed by atoms with Crippen LogP contribution in [0.2, 0.25) is 30.1 Å². The molecule has 0 spiro atoms. The van der Waals surface area contributed by atoms with Crippen molar-refractivity contribution in [2.75, 3.05) is 68.3 Å². The lowest BCUT2D eigenvalue weighted by molar-refractivity contribution is 0.0868. The number of aromatic nitrogens is 12. The highest BCUT2D eigenvalue weighted by Crippen LogP contribution is 2.38. The lowest BCUT2D eigenvalue weighted by Crippen LogP contribution is -2.41. The molecule has 4 atom stereocenters. The minimum Gasteiger partial charge on any atom is -0.352 e. The first-order chi connectivity index (χ1) is 44.7. The van der Waals surface area contributed by atoms with Gasteiger partial charge in [0.25, 0.3) is 16.7 Å². The van der Waals surface area contributed by atoms with Crippen molar-refractivity contribution in [3.63, 3.8) is 0 Å². The van der Waals surface area contributed by atoms with Crippen LogP contribution in [0, 0.1) is 23.7 Å². The number of halogens is 6. The maximum atomic E-state index is 12.9. The molecule has 2 saturated carbocycles. The van der Waals surface area contributed by atoms with Gasteiger partial charge in [0.1, 0.15) is 0 Å². The summed E-state index contributed by atoms with van der Waals surface area (Å²) >= 11 is 36.1. The van der Waals surface area contributed by atoms with E-state index in [-0.39, 0.29) is 16.7 Å². The molecule has 0 bridgehead atoms. The predicted octanol–water partition coefficient (Wildman–Crippen LogP) is 13.0. The van der Waals surface area contributed by atoms with Crippen molar-refractivity contribution in [3.8, 4) is 0 Å². The maximum absolute atomic E-state index is 12.9. The highest BCUT2D eigenvalue weighted by atomic mass is 35.5. The van der Waals surface area contributed by atoms with E-state index < -0.39 is 0 Å². The molecule has 9 aromatic rings. The van der Waals surface area contributed by atoms with Gasteiger partial charge in [-0.15, -0.1) is 0 Å². The van der Waals surface area contributed by atoms with Gasteiger partial charge in [0.2, 0.25) is 17.8 Å². The van der Waals surface area contributed by atoms with Crippen LogP contribution in [0.1, 0.15) is 107 Å². The van der Waals surface area contributed by atoms with E-state index in [0.717, 1.165) is 42.9 Å². The van der Waals surface area contributed by atoms with Gasteiger partial charge in [-0.25, -0.2) is 15.0 Å². The number of hydrogen-bond donors (Lipinski definition) is 6. The number of hydrogen-bond acceptors (Lipinski definition) is 15. The van der Waals surface area contributed by atoms with Gasteiger partial charge in [-0.1, -0.05) is 113 Å². The number of piperidine rings is 3. The molecule has 3 aliphatic heterocycles. The van der Waals surface area contributed by atoms with Gasteiger partial charge in [0.05, 0.1) is 55.8 Å². The average molecular weight is 1370 g/mol. The zero-order valence-corrected chi connectivity index (χ0v) is 55.9. The van der Waals surface area contributed by atoms with E-state index in [1.54, 1.807) is 55.4 Å². The summed E-state index contributed by atoms with van der Waals surface area (Å²) in [6, 6.07) is 16.2. The molecule has 6 aromatic heterocycles. The average Bonchev–Trinajstić information content (AvgIpc) is 1.84. The molecule has 21 nitrogen and oxygen atoms in total. The molecule has 488 valence electrons. The van der Waals surface area contributed by atoms with Crippen molar-refractivity contribution >= 4 is 121 Å². The molecule has 27 heteroatoms. The SMILES string of the molecule is O=c1[nH]c(NCc2ccc(Cl)c(Cl)c2)nc2ncn(CC3CCC3CN3CCCCC3)c12.O=c1[nH]c(NCc2ccc(Cl)c(Cl)c2)nc2ncn(CC3CCCC3CN3CCCCC3)c12.O=c1[nH]c(NCc2ccc(Cl)c(Cl)c2)nc2ncn(CN3CCCCC3)c12. The van der Waals surface area contributed by atoms with E-state index in [2.05, 4.69) is 75.5 Å². The highest BCUT2D eigenvalue weighted by molar-refractivity contribution is 6.43. The van der Waals surface area contributed by atoms with E-state index >= 15 is 0 Å². The van der Waals surface area contributed by atoms with Crippen molar-refractivity contribution < 1.29 is 0 Å². The van der Waals surface area contributed by atoms with E-state index in [1.807, 2.05) is 31.9 Å². The number of benzene rings is 3. The number of imidazole rings is 3. The Morgan fingerprint density at radius 1 is 0.380 bits per heavy atom. The van der Waals surface area contributed by atoms with Crippen LogP contribution in [0.4, 0.5) is 17.8 Å². The topological polar surface area (TPSA) is 237 Å². The first kappa shape index (κ1) is 65.8. The molecular weight excluding hydrogens is 1290 g/mol. The Kier molecular flexibility index (Phi) is 22.1. The first-order valence-corrected chi connectivity index (χ1v) is 34.6. The van der Waals surface area contributed by atoms with Gasteiger partial charge < -0.3 is 39.5 Å². The van der Waals surface area contributed by atoms with Crippen molar-refractivity contribution in [3.05, 3.63) is 151 Å². The van der Waals surface area contributed by atoms with Gasteiger partial charge in [0.15, 0.2) is 33.5 Å². The fraction of sp³-hybridized carbons (Fsp3) is 0.492. The number of aromatic amines is 3. The minimum absolute atomic E-state index is 0.167. The summed E-state index contributed by atoms with van der Waals surface area (Å²) in [5.74, 6) is 3.75. The molecule has 14 rings (SSSR count). The van der Waals surface area contributed by atoms with Crippen LogP contribution in [0.15, 0.2) is 88.0 Å². The third-order valence-electron chi connectivity index (χ3n) is 18.7. The summed E-state index contributed by atoms with van der Waals surface area (Å²) in [5.41, 5.74) is 5.26. The summed E-state index contributed by atoms with van der Waals surface area (Å²) in [5, 5.41) is 12.4. The number of H-pyrrole nitrogens is 3. The van der Waals surface area contributed by atoms with Crippen LogP contribution in [0.25, 0.3) is 33.5 Å². The van der Waals surface area contributed by atoms with Crippen molar-refractivity contribution in [1.82, 2.24) is 73.3 Å². The highest BCUT2D eigenvalue weighted by Gasteiger charge is 2.34. The lowest BCUT2D eigenvalue weighted by atomic mass is 9.73. The van der Waals surface area contributed by atoms with E-state index in [0.29, 0.717) is 131 Å². The molecule has 5 fully saturated rings. The smallest absolute Gasteiger partial charge is 0.278 e. The number of nitrogens with one attached hydrogen (secondary N) is 6. The number of rotatable bonds is 19. The van der Waals surface area contributed by atoms with Crippen LogP contribution in [-0.4, -0.2) is 126 Å². The predicted molar refractivity (Wildman–Crippen MR) is 369 cm³/mol. The zero-order valence-electron chi connectivity index (χ0n) is 51.4. The standard InChI is InChI=1S/C24H30Cl2N6O.C23H28Cl2N6O.C18H20Cl2N6O/c25-19-8-7-16(11-20(19)26)12-27-24-29-22-21(23(33)30-24)32(15-28-22)14-18-6-4-5-17(18)13-31-9-2-1-3-10-31;24-18-7-4-15(10-19(18)25)11-26-23-28-21-20(22(32)29-23)31(14-27-21)13-17-6-5-16(17)12-30-8-2-1-3-9-30;19-13-5-4-12(8-14(13)20)9-21-18-23-16-15(17(27)24-18)26(10-22-16)11-25-6-2-1-3-7-25/h7-8,11,15,17-18H,1-6,9-10,12-14H2,(H2,27,29,30,33);4,7,10,14,16-17H,1-3,5-6,8-9,11-13H2,(H2,26,28,29,32);4-5,8,10H,1-3,6-7,9,11H2,(H2,21,23,24,27). The van der Waals surface area contributed by atoms with Crippen molar-refractivity contribution in [2.24, 2.45) is 23.7 Å². The molecule has 92 heavy (non-hydrogen) atoms. The summed E-state index contributed by atoms with van der Waals surface area (Å²) < 4.78 is 5.86. The van der Waals surface area contributed by atoms with E-state index in [4.69, 9.17) is 69.6 Å². The minimum atomic E-state index is -0.203. The molecule has 6 N–H and O–H groups in total. The fourth-order valence-corrected chi connectivity index (χ4v) is 14.5. The number of anilines is 3. The molecule has 0 radical (unpaired) electrons. The summed E-state index contributed by atoms with van der Waals surface area (Å²) in [6.45, 7) is 13.1.